The fourth-order valence-corrected chi connectivity index (χ4v) is 4.45. The van der Waals surface area contributed by atoms with Crippen LogP contribution in [0.2, 0.25) is 0 Å². The molecule has 1 aromatic heterocycles. The second-order valence-electron chi connectivity index (χ2n) is 10.7. The summed E-state index contributed by atoms with van der Waals surface area (Å²) < 4.78 is 19.6. The topological polar surface area (TPSA) is 82.9 Å². The van der Waals surface area contributed by atoms with Crippen molar-refractivity contribution < 1.29 is 24.1 Å². The van der Waals surface area contributed by atoms with E-state index in [0.29, 0.717) is 16.8 Å². The van der Waals surface area contributed by atoms with Gasteiger partial charge in [-0.05, 0) is 63.9 Å². The molecule has 3 aromatic rings. The predicted molar refractivity (Wildman–Crippen MR) is 144 cm³/mol. The minimum absolute atomic E-state index is 0.0198. The zero-order valence-electron chi connectivity index (χ0n) is 21.8. The summed E-state index contributed by atoms with van der Waals surface area (Å²) in [6.45, 7) is 5.29. The Hall–Kier alpha value is -3.29. The van der Waals surface area contributed by atoms with Crippen molar-refractivity contribution in [2.75, 3.05) is 11.9 Å². The van der Waals surface area contributed by atoms with Crippen LogP contribution < -0.4 is 4.90 Å². The molecule has 0 radical (unpaired) electrons. The first-order chi connectivity index (χ1) is 17.5. The summed E-state index contributed by atoms with van der Waals surface area (Å²) in [7, 11) is 1.93. The number of esters is 1. The number of pyridine rings is 1. The van der Waals surface area contributed by atoms with Crippen molar-refractivity contribution in [2.45, 2.75) is 70.2 Å². The quantitative estimate of drug-likeness (QED) is 0.353. The van der Waals surface area contributed by atoms with Gasteiger partial charge in [-0.2, -0.15) is 0 Å². The van der Waals surface area contributed by atoms with Crippen molar-refractivity contribution in [2.24, 2.45) is 0 Å². The molecule has 2 aromatic carbocycles. The SMILES string of the molecule is CN(c1ccccc1)c1c(/C=C/[C@@H](O)C[C@@H](O)CC(=O)OC(C)(C)C)c(C2CC2)nc2ccc(F)cc12. The monoisotopic (exact) mass is 506 g/mol. The van der Waals surface area contributed by atoms with Gasteiger partial charge in [-0.1, -0.05) is 30.4 Å². The predicted octanol–water partition coefficient (Wildman–Crippen LogP) is 5.88. The highest BCUT2D eigenvalue weighted by Gasteiger charge is 2.30. The molecule has 1 fully saturated rings. The van der Waals surface area contributed by atoms with Crippen LogP contribution in [0.25, 0.3) is 17.0 Å². The Labute approximate surface area is 217 Å². The maximum atomic E-state index is 14.4. The minimum atomic E-state index is -1.05. The van der Waals surface area contributed by atoms with Crippen LogP contribution in [0.5, 0.6) is 0 Å². The molecular formula is C30H35FN2O4. The molecule has 1 aliphatic rings. The van der Waals surface area contributed by atoms with E-state index in [1.54, 1.807) is 32.9 Å². The van der Waals surface area contributed by atoms with E-state index in [2.05, 4.69) is 0 Å². The number of ether oxygens (including phenoxy) is 1. The van der Waals surface area contributed by atoms with E-state index in [1.807, 2.05) is 48.4 Å². The van der Waals surface area contributed by atoms with Crippen molar-refractivity contribution >= 4 is 34.3 Å². The molecule has 4 rings (SSSR count). The van der Waals surface area contributed by atoms with E-state index in [4.69, 9.17) is 9.72 Å². The van der Waals surface area contributed by atoms with E-state index >= 15 is 0 Å². The number of anilines is 2. The normalized spacial score (nSPS) is 15.6. The van der Waals surface area contributed by atoms with E-state index in [-0.39, 0.29) is 18.7 Å². The lowest BCUT2D eigenvalue weighted by molar-refractivity contribution is -0.157. The number of aromatic nitrogens is 1. The molecule has 1 heterocycles. The first-order valence-electron chi connectivity index (χ1n) is 12.7. The molecule has 0 saturated heterocycles. The third-order valence-electron chi connectivity index (χ3n) is 6.25. The molecule has 196 valence electrons. The summed E-state index contributed by atoms with van der Waals surface area (Å²) >= 11 is 0. The lowest BCUT2D eigenvalue weighted by Crippen LogP contribution is -2.27. The number of fused-ring (bicyclic) bond motifs is 1. The van der Waals surface area contributed by atoms with Crippen LogP contribution in [0.1, 0.15) is 63.6 Å². The van der Waals surface area contributed by atoms with Gasteiger partial charge < -0.3 is 19.8 Å². The second kappa shape index (κ2) is 11.0. The molecular weight excluding hydrogens is 471 g/mol. The van der Waals surface area contributed by atoms with E-state index < -0.39 is 23.8 Å². The van der Waals surface area contributed by atoms with Crippen LogP contribution in [0, 0.1) is 5.82 Å². The summed E-state index contributed by atoms with van der Waals surface area (Å²) in [5.41, 5.74) is 3.53. The summed E-state index contributed by atoms with van der Waals surface area (Å²) in [5.74, 6) is -0.567. The van der Waals surface area contributed by atoms with Crippen LogP contribution in [-0.2, 0) is 9.53 Å². The van der Waals surface area contributed by atoms with Gasteiger partial charge in [0, 0.05) is 36.0 Å². The molecule has 0 amide bonds. The Kier molecular flexibility index (Phi) is 7.95. The third kappa shape index (κ3) is 6.93. The number of rotatable bonds is 9. The molecule has 2 atom stereocenters. The number of aliphatic hydroxyl groups is 2. The zero-order valence-corrected chi connectivity index (χ0v) is 21.8. The Bertz CT molecular complexity index is 1280. The largest absolute Gasteiger partial charge is 0.460 e. The standard InChI is InChI=1S/C30H35FN2O4/c1-30(2,3)37-27(36)18-23(35)17-22(34)13-14-24-28(19-10-11-19)32-26-15-12-20(31)16-25(26)29(24)33(4)21-8-6-5-7-9-21/h5-9,12-16,19,22-23,34-35H,10-11,17-18H2,1-4H3/b14-13+/t22-,23-/m1/s1. The fourth-order valence-electron chi connectivity index (χ4n) is 4.45. The van der Waals surface area contributed by atoms with Gasteiger partial charge in [0.15, 0.2) is 0 Å². The maximum absolute atomic E-state index is 14.4. The van der Waals surface area contributed by atoms with Crippen molar-refractivity contribution in [3.8, 4) is 0 Å². The van der Waals surface area contributed by atoms with Gasteiger partial charge in [0.2, 0.25) is 0 Å². The number of aliphatic hydroxyl groups excluding tert-OH is 2. The van der Waals surface area contributed by atoms with E-state index in [1.165, 1.54) is 12.1 Å². The van der Waals surface area contributed by atoms with E-state index in [9.17, 15) is 19.4 Å². The highest BCUT2D eigenvalue weighted by molar-refractivity contribution is 5.99. The number of halogens is 1. The van der Waals surface area contributed by atoms with Crippen LogP contribution in [-0.4, -0.2) is 46.0 Å². The average molecular weight is 507 g/mol. The first kappa shape index (κ1) is 26.8. The smallest absolute Gasteiger partial charge is 0.308 e. The van der Waals surface area contributed by atoms with Crippen molar-refractivity contribution in [3.63, 3.8) is 0 Å². The van der Waals surface area contributed by atoms with Gasteiger partial charge in [-0.15, -0.1) is 0 Å². The van der Waals surface area contributed by atoms with Crippen LogP contribution in [0.4, 0.5) is 15.8 Å². The fraction of sp³-hybridized carbons (Fsp3) is 0.400. The molecule has 0 aliphatic heterocycles. The molecule has 7 heteroatoms. The first-order valence-corrected chi connectivity index (χ1v) is 12.7. The van der Waals surface area contributed by atoms with E-state index in [0.717, 1.165) is 35.5 Å². The average Bonchev–Trinajstić information content (AvgIpc) is 3.66. The Balaban J connectivity index is 1.67. The number of carbonyl (C=O) groups is 1. The third-order valence-corrected chi connectivity index (χ3v) is 6.25. The summed E-state index contributed by atoms with van der Waals surface area (Å²) in [4.78, 5) is 18.9. The second-order valence-corrected chi connectivity index (χ2v) is 10.7. The van der Waals surface area contributed by atoms with Gasteiger partial charge in [0.05, 0.1) is 35.5 Å². The molecule has 1 saturated carbocycles. The highest BCUT2D eigenvalue weighted by atomic mass is 19.1. The molecule has 2 N–H and O–H groups in total. The Morgan fingerprint density at radius 2 is 1.89 bits per heavy atom. The number of hydrogen-bond acceptors (Lipinski definition) is 6. The van der Waals surface area contributed by atoms with Gasteiger partial charge >= 0.3 is 5.97 Å². The highest BCUT2D eigenvalue weighted by Crippen LogP contribution is 2.46. The number of benzene rings is 2. The lowest BCUT2D eigenvalue weighted by atomic mass is 9.99. The van der Waals surface area contributed by atoms with Gasteiger partial charge in [-0.3, -0.25) is 9.78 Å². The molecule has 37 heavy (non-hydrogen) atoms. The van der Waals surface area contributed by atoms with Crippen molar-refractivity contribution in [1.29, 1.82) is 0 Å². The van der Waals surface area contributed by atoms with Gasteiger partial charge in [0.1, 0.15) is 11.4 Å². The zero-order chi connectivity index (χ0) is 26.7. The molecule has 6 nitrogen and oxygen atoms in total. The summed E-state index contributed by atoms with van der Waals surface area (Å²) in [5, 5.41) is 21.7. The summed E-state index contributed by atoms with van der Waals surface area (Å²) in [6, 6.07) is 14.4. The number of nitrogens with zero attached hydrogens (tertiary/aromatic N) is 2. The van der Waals surface area contributed by atoms with Gasteiger partial charge in [-0.25, -0.2) is 4.39 Å². The number of carbonyl (C=O) groups excluding carboxylic acids is 1. The molecule has 0 spiro atoms. The van der Waals surface area contributed by atoms with Crippen molar-refractivity contribution in [3.05, 3.63) is 71.7 Å². The molecule has 0 unspecified atom stereocenters. The van der Waals surface area contributed by atoms with Gasteiger partial charge in [0.25, 0.3) is 0 Å². The maximum Gasteiger partial charge on any atom is 0.308 e. The Morgan fingerprint density at radius 1 is 1.19 bits per heavy atom. The number of para-hydroxylation sites is 1. The Morgan fingerprint density at radius 3 is 2.54 bits per heavy atom. The minimum Gasteiger partial charge on any atom is -0.460 e. The van der Waals surface area contributed by atoms with Crippen LogP contribution >= 0.6 is 0 Å². The van der Waals surface area contributed by atoms with Crippen LogP contribution in [0.3, 0.4) is 0 Å². The van der Waals surface area contributed by atoms with Crippen LogP contribution in [0.15, 0.2) is 54.6 Å². The summed E-state index contributed by atoms with van der Waals surface area (Å²) in [6.07, 6.45) is 3.19. The molecule has 0 bridgehead atoms. The number of hydrogen-bond donors (Lipinski definition) is 2. The lowest BCUT2D eigenvalue weighted by Gasteiger charge is -2.25. The molecule has 1 aliphatic carbocycles. The van der Waals surface area contributed by atoms with Crippen molar-refractivity contribution in [1.82, 2.24) is 4.98 Å².